The summed E-state index contributed by atoms with van der Waals surface area (Å²) in [6.07, 6.45) is 0. The van der Waals surface area contributed by atoms with Gasteiger partial charge in [0.25, 0.3) is 0 Å². The van der Waals surface area contributed by atoms with Crippen LogP contribution in [0.2, 0.25) is 0 Å². The van der Waals surface area contributed by atoms with Crippen molar-refractivity contribution in [1.82, 2.24) is 0 Å². The molecule has 1 unspecified atom stereocenters. The Morgan fingerprint density at radius 3 is 2.25 bits per heavy atom. The van der Waals surface area contributed by atoms with Crippen molar-refractivity contribution in [3.05, 3.63) is 0 Å². The minimum atomic E-state index is -0.810. The van der Waals surface area contributed by atoms with Crippen LogP contribution in [0.3, 0.4) is 0 Å². The zero-order valence-corrected chi connectivity index (χ0v) is 10.2. The minimum absolute atomic E-state index is 0. The molecule has 8 heavy (non-hydrogen) atoms. The molecular weight excluding hydrogens is 339 g/mol. The van der Waals surface area contributed by atoms with Gasteiger partial charge in [0.1, 0.15) is 0 Å². The largest absolute Gasteiger partial charge is 0.792 e. The van der Waals surface area contributed by atoms with E-state index in [0.717, 1.165) is 0 Å². The fourth-order valence-electron chi connectivity index (χ4n) is 0.0713. The van der Waals surface area contributed by atoms with E-state index in [1.54, 1.807) is 6.92 Å². The standard InChI is InChI=1S/C4H8O2S.Ac/c1-3(2-7)4(5)6;/h3,7H,2H2,1H3,(H,5,6);/p-1. The van der Waals surface area contributed by atoms with Gasteiger partial charge in [0.15, 0.2) is 0 Å². The average molecular weight is 346 g/mol. The van der Waals surface area contributed by atoms with Crippen molar-refractivity contribution < 1.29 is 54.0 Å². The van der Waals surface area contributed by atoms with E-state index >= 15 is 0 Å². The fourth-order valence-corrected chi connectivity index (χ4v) is 0.214. The van der Waals surface area contributed by atoms with Crippen LogP contribution in [0.4, 0.5) is 0 Å². The first-order chi connectivity index (χ1) is 3.18. The summed E-state index contributed by atoms with van der Waals surface area (Å²) < 4.78 is 0. The number of hydrogen-bond donors (Lipinski definition) is 1. The Bertz CT molecular complexity index is 76.4. The zero-order chi connectivity index (χ0) is 5.86. The molecule has 0 aromatic heterocycles. The maximum atomic E-state index is 9.86. The second-order valence-electron chi connectivity index (χ2n) is 1.41. The first-order valence-corrected chi connectivity index (χ1v) is 2.57. The van der Waals surface area contributed by atoms with Crippen LogP contribution in [0, 0.1) is 50.0 Å². The SMILES string of the molecule is CC(C[S-])C(=O)O.[Ac]. The molecule has 0 saturated carbocycles. The first-order valence-electron chi connectivity index (χ1n) is 1.99. The van der Waals surface area contributed by atoms with Crippen molar-refractivity contribution >= 4 is 18.6 Å². The van der Waals surface area contributed by atoms with Crippen molar-refractivity contribution in [3.63, 3.8) is 0 Å². The van der Waals surface area contributed by atoms with E-state index in [1.807, 2.05) is 0 Å². The molecule has 0 rings (SSSR count). The summed E-state index contributed by atoms with van der Waals surface area (Å²) >= 11 is 4.47. The quantitative estimate of drug-likeness (QED) is 0.729. The van der Waals surface area contributed by atoms with E-state index in [2.05, 4.69) is 12.6 Å². The summed E-state index contributed by atoms with van der Waals surface area (Å²) in [5, 5.41) is 8.12. The van der Waals surface area contributed by atoms with E-state index in [-0.39, 0.29) is 50.0 Å². The third-order valence-electron chi connectivity index (χ3n) is 0.672. The van der Waals surface area contributed by atoms with E-state index in [4.69, 9.17) is 5.11 Å². The summed E-state index contributed by atoms with van der Waals surface area (Å²) in [6, 6.07) is 0. The zero-order valence-electron chi connectivity index (χ0n) is 4.63. The molecule has 0 bridgehead atoms. The first kappa shape index (κ1) is 12.0. The van der Waals surface area contributed by atoms with Gasteiger partial charge in [-0.2, -0.15) is 5.75 Å². The maximum absolute atomic E-state index is 9.86. The molecule has 0 spiro atoms. The molecule has 0 amide bonds. The molecule has 0 aliphatic rings. The third-order valence-corrected chi connectivity index (χ3v) is 1.17. The van der Waals surface area contributed by atoms with Crippen molar-refractivity contribution in [1.29, 1.82) is 0 Å². The Balaban J connectivity index is 0. The Morgan fingerprint density at radius 1 is 1.88 bits per heavy atom. The van der Waals surface area contributed by atoms with Crippen LogP contribution in [0.25, 0.3) is 0 Å². The molecule has 1 N–H and O–H groups in total. The molecule has 0 heterocycles. The molecule has 2 nitrogen and oxygen atoms in total. The molecule has 0 fully saturated rings. The van der Waals surface area contributed by atoms with Gasteiger partial charge in [0, 0.05) is 50.0 Å². The average Bonchev–Trinajstić information content (AvgIpc) is 1.65. The third kappa shape index (κ3) is 5.40. The smallest absolute Gasteiger partial charge is 0.304 e. The predicted molar refractivity (Wildman–Crippen MR) is 29.0 cm³/mol. The van der Waals surface area contributed by atoms with Crippen molar-refractivity contribution in [2.75, 3.05) is 5.75 Å². The summed E-state index contributed by atoms with van der Waals surface area (Å²) in [6.45, 7) is 1.59. The van der Waals surface area contributed by atoms with Crippen molar-refractivity contribution in [2.45, 2.75) is 6.92 Å². The number of carbonyl (C=O) groups is 1. The van der Waals surface area contributed by atoms with Gasteiger partial charge in [-0.15, -0.1) is 0 Å². The van der Waals surface area contributed by atoms with E-state index in [0.29, 0.717) is 5.75 Å². The fraction of sp³-hybridized carbons (Fsp3) is 0.750. The van der Waals surface area contributed by atoms with Crippen LogP contribution < -0.4 is 0 Å². The Hall–Kier alpha value is 1.26. The summed E-state index contributed by atoms with van der Waals surface area (Å²) in [7, 11) is 0. The van der Waals surface area contributed by atoms with Gasteiger partial charge < -0.3 is 17.7 Å². The normalized spacial score (nSPS) is 11.8. The van der Waals surface area contributed by atoms with Crippen LogP contribution in [0.15, 0.2) is 0 Å². The van der Waals surface area contributed by atoms with Crippen molar-refractivity contribution in [3.8, 4) is 0 Å². The maximum Gasteiger partial charge on any atom is 0.304 e. The second kappa shape index (κ2) is 6.38. The van der Waals surface area contributed by atoms with Gasteiger partial charge >= 0.3 is 5.97 Å². The number of hydrogen-bond acceptors (Lipinski definition) is 2. The number of carboxylic acid groups (broad SMARTS) is 1. The Morgan fingerprint density at radius 2 is 2.25 bits per heavy atom. The van der Waals surface area contributed by atoms with Gasteiger partial charge in [-0.25, -0.2) is 0 Å². The Labute approximate surface area is 90.0 Å². The van der Waals surface area contributed by atoms with Gasteiger partial charge in [0.2, 0.25) is 0 Å². The van der Waals surface area contributed by atoms with Crippen LogP contribution in [0.1, 0.15) is 6.92 Å². The molecule has 1 atom stereocenters. The number of rotatable bonds is 2. The minimum Gasteiger partial charge on any atom is -0.792 e. The Kier molecular flexibility index (Phi) is 9.56. The van der Waals surface area contributed by atoms with Gasteiger partial charge in [-0.05, 0) is 0 Å². The topological polar surface area (TPSA) is 37.3 Å². The molecule has 0 aliphatic carbocycles. The molecule has 0 aromatic rings. The van der Waals surface area contributed by atoms with Crippen LogP contribution in [0.5, 0.6) is 0 Å². The summed E-state index contributed by atoms with van der Waals surface area (Å²) in [4.78, 5) is 9.86. The molecule has 1 radical (unpaired) electrons. The van der Waals surface area contributed by atoms with Crippen LogP contribution >= 0.6 is 0 Å². The van der Waals surface area contributed by atoms with E-state index in [9.17, 15) is 4.79 Å². The molecule has 0 aliphatic heterocycles. The van der Waals surface area contributed by atoms with Gasteiger partial charge in [0.05, 0.1) is 0 Å². The monoisotopic (exact) mass is 346 g/mol. The number of aliphatic carboxylic acids is 1. The summed E-state index contributed by atoms with van der Waals surface area (Å²) in [5.74, 6) is -0.875. The van der Waals surface area contributed by atoms with Crippen LogP contribution in [-0.2, 0) is 17.4 Å². The van der Waals surface area contributed by atoms with Gasteiger partial charge in [-0.1, -0.05) is 6.92 Å². The molecular formula is C4H7AcO2S-. The molecule has 0 aromatic carbocycles. The van der Waals surface area contributed by atoms with Crippen LogP contribution in [-0.4, -0.2) is 16.8 Å². The van der Waals surface area contributed by atoms with E-state index < -0.39 is 5.97 Å². The van der Waals surface area contributed by atoms with E-state index in [1.165, 1.54) is 0 Å². The number of carboxylic acids is 1. The molecule has 4 heteroatoms. The summed E-state index contributed by atoms with van der Waals surface area (Å²) in [5.41, 5.74) is 0. The van der Waals surface area contributed by atoms with Crippen molar-refractivity contribution in [2.24, 2.45) is 5.92 Å². The molecule has 0 saturated heterocycles. The predicted octanol–water partition coefficient (Wildman–Crippen LogP) is 0.254. The second-order valence-corrected chi connectivity index (χ2v) is 1.74. The molecule has 45 valence electrons. The van der Waals surface area contributed by atoms with Gasteiger partial charge in [-0.3, -0.25) is 4.79 Å².